The smallest absolute Gasteiger partial charge is 0.238 e. The SMILES string of the molecule is CCNC(=NCc1ccc2c(c1)OCO2)NCCc1ccc(S(N)(=O)=O)cc1.I. The Hall–Kier alpha value is -2.05. The molecule has 0 atom stereocenters. The lowest BCUT2D eigenvalue weighted by Crippen LogP contribution is -2.38. The molecule has 29 heavy (non-hydrogen) atoms. The molecular weight excluding hydrogens is 507 g/mol. The molecule has 0 saturated heterocycles. The first-order chi connectivity index (χ1) is 13.5. The maximum atomic E-state index is 11.3. The van der Waals surface area contributed by atoms with Crippen LogP contribution < -0.4 is 25.2 Å². The molecule has 0 amide bonds. The molecule has 0 unspecified atom stereocenters. The number of ether oxygens (including phenoxy) is 2. The van der Waals surface area contributed by atoms with Crippen LogP contribution in [0, 0.1) is 0 Å². The van der Waals surface area contributed by atoms with Crippen LogP contribution >= 0.6 is 24.0 Å². The van der Waals surface area contributed by atoms with Gasteiger partial charge in [0.2, 0.25) is 16.8 Å². The molecule has 0 aliphatic carbocycles. The number of rotatable bonds is 7. The van der Waals surface area contributed by atoms with Crippen molar-refractivity contribution in [1.29, 1.82) is 0 Å². The number of nitrogens with zero attached hydrogens (tertiary/aromatic N) is 1. The van der Waals surface area contributed by atoms with Crippen molar-refractivity contribution in [2.45, 2.75) is 24.8 Å². The summed E-state index contributed by atoms with van der Waals surface area (Å²) in [5.74, 6) is 2.21. The third-order valence-corrected chi connectivity index (χ3v) is 5.09. The molecule has 2 aromatic carbocycles. The topological polar surface area (TPSA) is 115 Å². The zero-order valence-corrected chi connectivity index (χ0v) is 19.2. The maximum Gasteiger partial charge on any atom is 0.238 e. The van der Waals surface area contributed by atoms with Crippen molar-refractivity contribution in [1.82, 2.24) is 10.6 Å². The number of hydrogen-bond acceptors (Lipinski definition) is 5. The molecule has 0 bridgehead atoms. The van der Waals surface area contributed by atoms with Crippen molar-refractivity contribution in [3.8, 4) is 11.5 Å². The summed E-state index contributed by atoms with van der Waals surface area (Å²) >= 11 is 0. The van der Waals surface area contributed by atoms with Gasteiger partial charge >= 0.3 is 0 Å². The minimum absolute atomic E-state index is 0. The predicted octanol–water partition coefficient (Wildman–Crippen LogP) is 1.98. The summed E-state index contributed by atoms with van der Waals surface area (Å²) in [5.41, 5.74) is 2.03. The fourth-order valence-electron chi connectivity index (χ4n) is 2.72. The van der Waals surface area contributed by atoms with Gasteiger partial charge in [0.05, 0.1) is 11.4 Å². The van der Waals surface area contributed by atoms with Crippen LogP contribution in [0.5, 0.6) is 11.5 Å². The monoisotopic (exact) mass is 532 g/mol. The van der Waals surface area contributed by atoms with E-state index in [9.17, 15) is 8.42 Å². The third-order valence-electron chi connectivity index (χ3n) is 4.16. The molecule has 158 valence electrons. The van der Waals surface area contributed by atoms with E-state index in [1.807, 2.05) is 25.1 Å². The summed E-state index contributed by atoms with van der Waals surface area (Å²) in [6.45, 7) is 4.17. The molecule has 0 fully saturated rings. The van der Waals surface area contributed by atoms with Crippen molar-refractivity contribution >= 4 is 40.0 Å². The molecular formula is C19H25IN4O4S. The van der Waals surface area contributed by atoms with E-state index >= 15 is 0 Å². The van der Waals surface area contributed by atoms with Gasteiger partial charge in [0.25, 0.3) is 0 Å². The number of halogens is 1. The Morgan fingerprint density at radius 1 is 1.07 bits per heavy atom. The van der Waals surface area contributed by atoms with E-state index in [-0.39, 0.29) is 35.7 Å². The van der Waals surface area contributed by atoms with Gasteiger partial charge in [-0.25, -0.2) is 18.5 Å². The number of aliphatic imine (C=N–C) groups is 1. The van der Waals surface area contributed by atoms with Gasteiger partial charge in [-0.1, -0.05) is 18.2 Å². The minimum atomic E-state index is -3.66. The van der Waals surface area contributed by atoms with E-state index < -0.39 is 10.0 Å². The van der Waals surface area contributed by atoms with Gasteiger partial charge in [-0.15, -0.1) is 24.0 Å². The molecule has 1 heterocycles. The summed E-state index contributed by atoms with van der Waals surface area (Å²) in [4.78, 5) is 4.70. The second-order valence-electron chi connectivity index (χ2n) is 6.25. The number of sulfonamides is 1. The van der Waals surface area contributed by atoms with E-state index in [0.29, 0.717) is 19.0 Å². The maximum absolute atomic E-state index is 11.3. The Balaban J connectivity index is 0.00000300. The van der Waals surface area contributed by atoms with Crippen LogP contribution in [0.4, 0.5) is 0 Å². The van der Waals surface area contributed by atoms with E-state index in [4.69, 9.17) is 14.6 Å². The normalized spacial score (nSPS) is 13.0. The number of nitrogens with one attached hydrogen (secondary N) is 2. The van der Waals surface area contributed by atoms with Crippen LogP contribution in [-0.2, 0) is 23.0 Å². The molecule has 3 rings (SSSR count). The largest absolute Gasteiger partial charge is 0.454 e. The lowest BCUT2D eigenvalue weighted by atomic mass is 10.1. The third kappa shape index (κ3) is 6.75. The lowest BCUT2D eigenvalue weighted by Gasteiger charge is -2.11. The molecule has 4 N–H and O–H groups in total. The van der Waals surface area contributed by atoms with Crippen molar-refractivity contribution in [3.63, 3.8) is 0 Å². The Kier molecular flexibility index (Phi) is 8.53. The molecule has 0 spiro atoms. The number of guanidine groups is 1. The van der Waals surface area contributed by atoms with Crippen molar-refractivity contribution in [2.75, 3.05) is 19.9 Å². The van der Waals surface area contributed by atoms with Crippen molar-refractivity contribution in [3.05, 3.63) is 53.6 Å². The summed E-state index contributed by atoms with van der Waals surface area (Å²) in [5, 5.41) is 11.6. The van der Waals surface area contributed by atoms with Crippen LogP contribution in [0.2, 0.25) is 0 Å². The second kappa shape index (κ2) is 10.6. The van der Waals surface area contributed by atoms with Gasteiger partial charge in [0.1, 0.15) is 0 Å². The number of hydrogen-bond donors (Lipinski definition) is 3. The average molecular weight is 532 g/mol. The quantitative estimate of drug-likeness (QED) is 0.286. The van der Waals surface area contributed by atoms with E-state index in [2.05, 4.69) is 15.6 Å². The van der Waals surface area contributed by atoms with Crippen LogP contribution in [-0.4, -0.2) is 34.3 Å². The first-order valence-electron chi connectivity index (χ1n) is 8.98. The highest BCUT2D eigenvalue weighted by Gasteiger charge is 2.13. The van der Waals surface area contributed by atoms with Gasteiger partial charge in [0, 0.05) is 13.1 Å². The fraction of sp³-hybridized carbons (Fsp3) is 0.316. The van der Waals surface area contributed by atoms with Gasteiger partial charge in [-0.3, -0.25) is 0 Å². The van der Waals surface area contributed by atoms with Crippen LogP contribution in [0.1, 0.15) is 18.1 Å². The number of benzene rings is 2. The van der Waals surface area contributed by atoms with Gasteiger partial charge < -0.3 is 20.1 Å². The Morgan fingerprint density at radius 2 is 1.76 bits per heavy atom. The summed E-state index contributed by atoms with van der Waals surface area (Å²) in [7, 11) is -3.66. The Morgan fingerprint density at radius 3 is 2.45 bits per heavy atom. The van der Waals surface area contributed by atoms with Crippen LogP contribution in [0.25, 0.3) is 0 Å². The van der Waals surface area contributed by atoms with Gasteiger partial charge in [-0.2, -0.15) is 0 Å². The molecule has 1 aliphatic heterocycles. The molecule has 8 nitrogen and oxygen atoms in total. The molecule has 2 aromatic rings. The average Bonchev–Trinajstić information content (AvgIpc) is 3.13. The summed E-state index contributed by atoms with van der Waals surface area (Å²) < 4.78 is 33.3. The summed E-state index contributed by atoms with van der Waals surface area (Å²) in [6, 6.07) is 12.3. The van der Waals surface area contributed by atoms with E-state index in [1.54, 1.807) is 12.1 Å². The highest BCUT2D eigenvalue weighted by atomic mass is 127. The fourth-order valence-corrected chi connectivity index (χ4v) is 3.24. The molecule has 1 aliphatic rings. The zero-order chi connectivity index (χ0) is 20.0. The zero-order valence-electron chi connectivity index (χ0n) is 16.1. The van der Waals surface area contributed by atoms with E-state index in [0.717, 1.165) is 35.6 Å². The first kappa shape index (κ1) is 23.2. The van der Waals surface area contributed by atoms with Gasteiger partial charge in [-0.05, 0) is 48.7 Å². The molecule has 0 saturated carbocycles. The highest BCUT2D eigenvalue weighted by molar-refractivity contribution is 14.0. The Labute approximate surface area is 188 Å². The first-order valence-corrected chi connectivity index (χ1v) is 10.5. The highest BCUT2D eigenvalue weighted by Crippen LogP contribution is 2.32. The lowest BCUT2D eigenvalue weighted by molar-refractivity contribution is 0.174. The number of nitrogens with two attached hydrogens (primary N) is 1. The van der Waals surface area contributed by atoms with Crippen molar-refractivity contribution in [2.24, 2.45) is 10.1 Å². The van der Waals surface area contributed by atoms with Crippen LogP contribution in [0.15, 0.2) is 52.4 Å². The summed E-state index contributed by atoms with van der Waals surface area (Å²) in [6.07, 6.45) is 0.722. The predicted molar refractivity (Wildman–Crippen MR) is 122 cm³/mol. The molecule has 10 heteroatoms. The van der Waals surface area contributed by atoms with Crippen LogP contribution in [0.3, 0.4) is 0 Å². The second-order valence-corrected chi connectivity index (χ2v) is 7.81. The minimum Gasteiger partial charge on any atom is -0.454 e. The molecule has 0 aromatic heterocycles. The Bertz CT molecular complexity index is 949. The number of primary sulfonamides is 1. The number of fused-ring (bicyclic) bond motifs is 1. The van der Waals surface area contributed by atoms with Gasteiger partial charge in [0.15, 0.2) is 17.5 Å². The van der Waals surface area contributed by atoms with Crippen molar-refractivity contribution < 1.29 is 17.9 Å². The molecule has 0 radical (unpaired) electrons. The van der Waals surface area contributed by atoms with E-state index in [1.165, 1.54) is 12.1 Å². The standard InChI is InChI=1S/C19H24N4O4S.HI/c1-2-21-19(23-12-15-5-8-17-18(11-15)27-13-26-17)22-10-9-14-3-6-16(7-4-14)28(20,24)25;/h3-8,11H,2,9-10,12-13H2,1H3,(H2,20,24,25)(H2,21,22,23);1H.